The molecule has 0 aliphatic carbocycles. The summed E-state index contributed by atoms with van der Waals surface area (Å²) in [5, 5.41) is 10.5. The van der Waals surface area contributed by atoms with E-state index in [2.05, 4.69) is 34.6 Å². The summed E-state index contributed by atoms with van der Waals surface area (Å²) >= 11 is 0. The van der Waals surface area contributed by atoms with Crippen LogP contribution in [-0.2, 0) is 13.0 Å². The van der Waals surface area contributed by atoms with Crippen molar-refractivity contribution in [3.8, 4) is 16.9 Å². The molecule has 0 spiro atoms. The highest BCUT2D eigenvalue weighted by Gasteiger charge is 2.18. The third-order valence-corrected chi connectivity index (χ3v) is 5.50. The highest BCUT2D eigenvalue weighted by atomic mass is 16.5. The van der Waals surface area contributed by atoms with E-state index < -0.39 is 6.10 Å². The highest BCUT2D eigenvalue weighted by Crippen LogP contribution is 2.29. The summed E-state index contributed by atoms with van der Waals surface area (Å²) in [6, 6.07) is 22.0. The monoisotopic (exact) mass is 404 g/mol. The minimum absolute atomic E-state index is 0.249. The number of benzene rings is 3. The van der Waals surface area contributed by atoms with Crippen molar-refractivity contribution in [2.75, 3.05) is 30.9 Å². The Hall–Kier alpha value is -3.06. The summed E-state index contributed by atoms with van der Waals surface area (Å²) < 4.78 is 5.88. The molecule has 0 amide bonds. The second-order valence-corrected chi connectivity index (χ2v) is 7.69. The van der Waals surface area contributed by atoms with Gasteiger partial charge in [-0.05, 0) is 52.9 Å². The maximum Gasteiger partial charge on any atom is 0.120 e. The van der Waals surface area contributed by atoms with Crippen molar-refractivity contribution >= 4 is 11.4 Å². The van der Waals surface area contributed by atoms with Crippen LogP contribution in [0, 0.1) is 0 Å². The van der Waals surface area contributed by atoms with Crippen LogP contribution in [0.15, 0.2) is 66.7 Å². The van der Waals surface area contributed by atoms with E-state index in [4.69, 9.17) is 16.3 Å². The van der Waals surface area contributed by atoms with Gasteiger partial charge in [-0.2, -0.15) is 0 Å². The molecule has 3 aromatic carbocycles. The van der Waals surface area contributed by atoms with Gasteiger partial charge < -0.3 is 21.0 Å². The van der Waals surface area contributed by atoms with Crippen LogP contribution in [-0.4, -0.2) is 35.8 Å². The van der Waals surface area contributed by atoms with Gasteiger partial charge in [-0.1, -0.05) is 42.5 Å². The van der Waals surface area contributed by atoms with Gasteiger partial charge in [0.05, 0.1) is 11.4 Å². The van der Waals surface area contributed by atoms with Crippen LogP contribution in [0.4, 0.5) is 11.4 Å². The number of fused-ring (bicyclic) bond motifs is 1. The molecule has 0 saturated heterocycles. The Kier molecular flexibility index (Phi) is 6.18. The number of rotatable bonds is 7. The molecule has 1 atom stereocenters. The summed E-state index contributed by atoms with van der Waals surface area (Å²) in [7, 11) is 0. The Labute approximate surface area is 177 Å². The summed E-state index contributed by atoms with van der Waals surface area (Å²) in [5.41, 5.74) is 14.5. The van der Waals surface area contributed by atoms with E-state index in [1.165, 1.54) is 11.1 Å². The number of aliphatic hydroxyl groups is 1. The van der Waals surface area contributed by atoms with Crippen LogP contribution in [0.25, 0.3) is 11.1 Å². The summed E-state index contributed by atoms with van der Waals surface area (Å²) in [6.07, 6.45) is 0.469. The fourth-order valence-electron chi connectivity index (χ4n) is 3.88. The number of nitrogens with zero attached hydrogens (tertiary/aromatic N) is 1. The van der Waals surface area contributed by atoms with Gasteiger partial charge in [0, 0.05) is 19.6 Å². The molecular weight excluding hydrogens is 376 g/mol. The first-order valence-corrected chi connectivity index (χ1v) is 10.2. The van der Waals surface area contributed by atoms with Crippen molar-refractivity contribution in [1.82, 2.24) is 4.90 Å². The van der Waals surface area contributed by atoms with Crippen LogP contribution in [0.1, 0.15) is 11.1 Å². The predicted octanol–water partition coefficient (Wildman–Crippen LogP) is 3.02. The second-order valence-electron chi connectivity index (χ2n) is 7.69. The Balaban J connectivity index is 1.35. The molecule has 3 aromatic rings. The third kappa shape index (κ3) is 4.74. The minimum atomic E-state index is -0.552. The average Bonchev–Trinajstić information content (AvgIpc) is 2.78. The van der Waals surface area contributed by atoms with Crippen molar-refractivity contribution < 1.29 is 9.84 Å². The molecular formula is C24H28N4O2. The molecule has 1 unspecified atom stereocenters. The molecule has 4 rings (SSSR count). The lowest BCUT2D eigenvalue weighted by molar-refractivity contribution is 0.0638. The van der Waals surface area contributed by atoms with Crippen molar-refractivity contribution in [2.24, 2.45) is 5.84 Å². The number of ether oxygens (including phenoxy) is 1. The lowest BCUT2D eigenvalue weighted by Gasteiger charge is -2.30. The first-order valence-electron chi connectivity index (χ1n) is 10.2. The maximum absolute atomic E-state index is 10.5. The first-order chi connectivity index (χ1) is 14.6. The SMILES string of the molecule is NNc1cc(-c2cccc(OCC(O)CN3CCc4ccccc4C3)c2)ccc1N. The molecule has 0 aromatic heterocycles. The molecule has 0 bridgehead atoms. The topological polar surface area (TPSA) is 96.8 Å². The quantitative estimate of drug-likeness (QED) is 0.275. The second kappa shape index (κ2) is 9.17. The average molecular weight is 405 g/mol. The van der Waals surface area contributed by atoms with Crippen LogP contribution < -0.4 is 21.7 Å². The van der Waals surface area contributed by atoms with E-state index in [9.17, 15) is 5.11 Å². The number of aliphatic hydroxyl groups excluding tert-OH is 1. The Morgan fingerprint density at radius 1 is 1.00 bits per heavy atom. The Morgan fingerprint density at radius 3 is 2.63 bits per heavy atom. The normalized spacial score (nSPS) is 14.7. The lowest BCUT2D eigenvalue weighted by Crippen LogP contribution is -2.38. The van der Waals surface area contributed by atoms with Crippen molar-refractivity contribution in [2.45, 2.75) is 19.1 Å². The zero-order chi connectivity index (χ0) is 20.9. The summed E-state index contributed by atoms with van der Waals surface area (Å²) in [6.45, 7) is 2.67. The van der Waals surface area contributed by atoms with E-state index in [1.54, 1.807) is 0 Å². The van der Waals surface area contributed by atoms with Gasteiger partial charge in [0.2, 0.25) is 0 Å². The number of β-amino-alcohol motifs (C(OH)–C–C–N with tert-alkyl or cyclic N) is 1. The van der Waals surface area contributed by atoms with Crippen LogP contribution >= 0.6 is 0 Å². The maximum atomic E-state index is 10.5. The molecule has 0 fully saturated rings. The number of hydrogen-bond acceptors (Lipinski definition) is 6. The molecule has 6 heteroatoms. The molecule has 0 saturated carbocycles. The van der Waals surface area contributed by atoms with E-state index in [0.29, 0.717) is 17.9 Å². The van der Waals surface area contributed by atoms with Gasteiger partial charge in [-0.15, -0.1) is 0 Å². The van der Waals surface area contributed by atoms with E-state index >= 15 is 0 Å². The summed E-state index contributed by atoms with van der Waals surface area (Å²) in [5.74, 6) is 6.24. The number of nitrogen functional groups attached to an aromatic ring is 2. The molecule has 6 nitrogen and oxygen atoms in total. The third-order valence-electron chi connectivity index (χ3n) is 5.50. The predicted molar refractivity (Wildman–Crippen MR) is 121 cm³/mol. The molecule has 6 N–H and O–H groups in total. The standard InChI is InChI=1S/C24H28N4O2/c25-23-9-8-19(13-24(23)27-26)18-6-3-7-22(12-18)30-16-21(29)15-28-11-10-17-4-1-2-5-20(17)14-28/h1-9,12-13,21,27,29H,10-11,14-16,25-26H2. The van der Waals surface area contributed by atoms with E-state index in [1.807, 2.05) is 42.5 Å². The van der Waals surface area contributed by atoms with E-state index in [-0.39, 0.29) is 6.61 Å². The van der Waals surface area contributed by atoms with Crippen molar-refractivity contribution in [3.63, 3.8) is 0 Å². The van der Waals surface area contributed by atoms with Gasteiger partial charge in [0.1, 0.15) is 18.5 Å². The summed E-state index contributed by atoms with van der Waals surface area (Å²) in [4.78, 5) is 2.28. The van der Waals surface area contributed by atoms with Gasteiger partial charge >= 0.3 is 0 Å². The molecule has 1 aliphatic rings. The molecule has 0 radical (unpaired) electrons. The smallest absolute Gasteiger partial charge is 0.120 e. The number of anilines is 2. The number of nitrogens with two attached hydrogens (primary N) is 2. The zero-order valence-electron chi connectivity index (χ0n) is 16.9. The Bertz CT molecular complexity index is 1010. The molecule has 1 aliphatic heterocycles. The molecule has 1 heterocycles. The highest BCUT2D eigenvalue weighted by molar-refractivity contribution is 5.76. The fourth-order valence-corrected chi connectivity index (χ4v) is 3.88. The van der Waals surface area contributed by atoms with Gasteiger partial charge in [0.25, 0.3) is 0 Å². The number of hydrogen-bond donors (Lipinski definition) is 4. The number of nitrogens with one attached hydrogen (secondary N) is 1. The van der Waals surface area contributed by atoms with Crippen LogP contribution in [0.3, 0.4) is 0 Å². The van der Waals surface area contributed by atoms with Crippen molar-refractivity contribution in [3.05, 3.63) is 77.9 Å². The van der Waals surface area contributed by atoms with Crippen molar-refractivity contribution in [1.29, 1.82) is 0 Å². The molecule has 30 heavy (non-hydrogen) atoms. The first kappa shape index (κ1) is 20.2. The molecule has 156 valence electrons. The Morgan fingerprint density at radius 2 is 1.80 bits per heavy atom. The largest absolute Gasteiger partial charge is 0.491 e. The zero-order valence-corrected chi connectivity index (χ0v) is 16.9. The van der Waals surface area contributed by atoms with E-state index in [0.717, 1.165) is 36.4 Å². The lowest BCUT2D eigenvalue weighted by atomic mass is 10.00. The minimum Gasteiger partial charge on any atom is -0.491 e. The van der Waals surface area contributed by atoms with Crippen LogP contribution in [0.5, 0.6) is 5.75 Å². The van der Waals surface area contributed by atoms with Gasteiger partial charge in [-0.3, -0.25) is 10.7 Å². The van der Waals surface area contributed by atoms with Crippen LogP contribution in [0.2, 0.25) is 0 Å². The number of hydrazine groups is 1. The van der Waals surface area contributed by atoms with Gasteiger partial charge in [0.15, 0.2) is 0 Å². The van der Waals surface area contributed by atoms with Gasteiger partial charge in [-0.25, -0.2) is 0 Å². The fraction of sp³-hybridized carbons (Fsp3) is 0.250.